The zero-order valence-electron chi connectivity index (χ0n) is 24.8. The van der Waals surface area contributed by atoms with Crippen molar-refractivity contribution in [1.82, 2.24) is 4.98 Å². The minimum atomic E-state index is -1.24. The van der Waals surface area contributed by atoms with Crippen molar-refractivity contribution in [2.45, 2.75) is 45.1 Å². The van der Waals surface area contributed by atoms with Crippen molar-refractivity contribution in [2.75, 3.05) is 11.6 Å². The first-order valence-electron chi connectivity index (χ1n) is 15.0. The highest BCUT2D eigenvalue weighted by molar-refractivity contribution is 7.15. The second-order valence-electron chi connectivity index (χ2n) is 10.8. The maximum atomic E-state index is 11.3. The Kier molecular flexibility index (Phi) is 9.04. The summed E-state index contributed by atoms with van der Waals surface area (Å²) in [6.07, 6.45) is 6.68. The lowest BCUT2D eigenvalue weighted by Gasteiger charge is -2.24. The summed E-state index contributed by atoms with van der Waals surface area (Å²) in [5, 5.41) is 25.5. The number of carbonyl (C=O) groups is 1. The molecular formula is C36H32N4O4S. The zero-order valence-corrected chi connectivity index (χ0v) is 25.7. The summed E-state index contributed by atoms with van der Waals surface area (Å²) in [4.78, 5) is 17.6. The van der Waals surface area contributed by atoms with Crippen LogP contribution in [-0.2, 0) is 4.79 Å². The van der Waals surface area contributed by atoms with Crippen LogP contribution in [0.4, 0.5) is 5.69 Å². The molecule has 1 N–H and O–H groups in total. The topological polar surface area (TPSA) is 112 Å². The van der Waals surface area contributed by atoms with Gasteiger partial charge >= 0.3 is 5.97 Å². The van der Waals surface area contributed by atoms with E-state index in [4.69, 9.17) is 14.3 Å². The van der Waals surface area contributed by atoms with Gasteiger partial charge in [-0.25, -0.2) is 9.78 Å². The third kappa shape index (κ3) is 6.82. The minimum absolute atomic E-state index is 0.0661. The Bertz CT molecular complexity index is 1860. The fourth-order valence-electron chi connectivity index (χ4n) is 5.28. The Hall–Kier alpha value is -5.20. The van der Waals surface area contributed by atoms with Crippen molar-refractivity contribution in [2.24, 2.45) is 5.10 Å². The third-order valence-corrected chi connectivity index (χ3v) is 8.74. The Morgan fingerprint density at radius 2 is 1.87 bits per heavy atom. The Labute approximate surface area is 265 Å². The molecule has 1 unspecified atom stereocenters. The number of aliphatic carboxylic acids is 1. The number of unbranched alkanes of at least 4 members (excludes halogenated alkanes) is 3. The van der Waals surface area contributed by atoms with Crippen molar-refractivity contribution >= 4 is 45.9 Å². The molecule has 0 saturated heterocycles. The molecule has 226 valence electrons. The highest BCUT2D eigenvalue weighted by atomic mass is 32.1. The van der Waals surface area contributed by atoms with Gasteiger partial charge in [0.05, 0.1) is 28.9 Å². The molecule has 3 heterocycles. The Morgan fingerprint density at radius 1 is 1.07 bits per heavy atom. The molecule has 0 spiro atoms. The number of nitriles is 1. The molecule has 8 nitrogen and oxygen atoms in total. The van der Waals surface area contributed by atoms with E-state index in [0.717, 1.165) is 50.7 Å². The van der Waals surface area contributed by atoms with Gasteiger partial charge in [0, 0.05) is 16.9 Å². The predicted molar refractivity (Wildman–Crippen MR) is 177 cm³/mol. The number of carboxylic acid groups (broad SMARTS) is 1. The first-order chi connectivity index (χ1) is 22.0. The van der Waals surface area contributed by atoms with Gasteiger partial charge in [0.15, 0.2) is 5.58 Å². The average Bonchev–Trinajstić information content (AvgIpc) is 3.82. The van der Waals surface area contributed by atoms with Gasteiger partial charge in [-0.05, 0) is 78.7 Å². The standard InChI is InChI=1S/C36H32N4O4S/c1-2-3-4-7-20-43-28-16-12-24(13-17-28)32-22-31(34-19-18-29(45-34)21-26(23-37)36(41)42)39-40(32)27-14-10-25(11-15-27)35-38-30-8-5-6-9-33(30)44-35/h5-6,8-19,21,32H,2-4,7,20,22H2,1H3,(H,41,42)/b26-21+. The number of thiophene rings is 1. The molecule has 6 rings (SSSR count). The van der Waals surface area contributed by atoms with Crippen molar-refractivity contribution in [3.05, 3.63) is 106 Å². The number of para-hydroxylation sites is 2. The lowest BCUT2D eigenvalue weighted by atomic mass is 10.0. The molecule has 0 radical (unpaired) electrons. The van der Waals surface area contributed by atoms with Crippen molar-refractivity contribution in [1.29, 1.82) is 5.26 Å². The summed E-state index contributed by atoms with van der Waals surface area (Å²) >= 11 is 1.42. The number of carboxylic acids is 1. The fourth-order valence-corrected chi connectivity index (χ4v) is 6.23. The number of rotatable bonds is 12. The number of ether oxygens (including phenoxy) is 1. The quantitative estimate of drug-likeness (QED) is 0.0846. The van der Waals surface area contributed by atoms with Crippen LogP contribution in [0.5, 0.6) is 5.75 Å². The van der Waals surface area contributed by atoms with Crippen LogP contribution in [0.1, 0.15) is 60.4 Å². The van der Waals surface area contributed by atoms with Gasteiger partial charge in [-0.15, -0.1) is 11.3 Å². The zero-order chi connectivity index (χ0) is 31.2. The van der Waals surface area contributed by atoms with Gasteiger partial charge in [-0.2, -0.15) is 10.4 Å². The Morgan fingerprint density at radius 3 is 2.60 bits per heavy atom. The Balaban J connectivity index is 1.27. The molecular weight excluding hydrogens is 584 g/mol. The van der Waals surface area contributed by atoms with E-state index >= 15 is 0 Å². The third-order valence-electron chi connectivity index (χ3n) is 7.66. The van der Waals surface area contributed by atoms with Crippen molar-refractivity contribution in [3.63, 3.8) is 0 Å². The lowest BCUT2D eigenvalue weighted by molar-refractivity contribution is -0.132. The second kappa shape index (κ2) is 13.6. The summed E-state index contributed by atoms with van der Waals surface area (Å²) in [6, 6.07) is 29.4. The molecule has 5 aromatic rings. The van der Waals surface area contributed by atoms with E-state index in [2.05, 4.69) is 24.0 Å². The smallest absolute Gasteiger partial charge is 0.346 e. The number of nitrogens with zero attached hydrogens (tertiary/aromatic N) is 4. The van der Waals surface area contributed by atoms with E-state index in [9.17, 15) is 15.2 Å². The molecule has 3 aromatic carbocycles. The van der Waals surface area contributed by atoms with E-state index in [0.29, 0.717) is 23.8 Å². The van der Waals surface area contributed by atoms with Crippen LogP contribution in [0.15, 0.2) is 100 Å². The van der Waals surface area contributed by atoms with Crippen LogP contribution in [0, 0.1) is 11.3 Å². The molecule has 1 atom stereocenters. The number of benzene rings is 3. The molecule has 0 saturated carbocycles. The summed E-state index contributed by atoms with van der Waals surface area (Å²) in [7, 11) is 0. The van der Waals surface area contributed by atoms with Gasteiger partial charge in [0.2, 0.25) is 5.89 Å². The summed E-state index contributed by atoms with van der Waals surface area (Å²) < 4.78 is 12.0. The molecule has 0 amide bonds. The highest BCUT2D eigenvalue weighted by Crippen LogP contribution is 2.39. The maximum absolute atomic E-state index is 11.3. The first kappa shape index (κ1) is 29.9. The van der Waals surface area contributed by atoms with Crippen molar-refractivity contribution in [3.8, 4) is 23.3 Å². The largest absolute Gasteiger partial charge is 0.494 e. The van der Waals surface area contributed by atoms with Crippen LogP contribution in [-0.4, -0.2) is 28.4 Å². The SMILES string of the molecule is CCCCCCOc1ccc(C2CC(c3ccc(/C=C(\C#N)C(=O)O)s3)=NN2c2ccc(-c3nc4ccccc4o3)cc2)cc1. The normalized spacial score (nSPS) is 14.8. The molecule has 0 bridgehead atoms. The number of aromatic nitrogens is 1. The van der Waals surface area contributed by atoms with Crippen LogP contribution >= 0.6 is 11.3 Å². The van der Waals surface area contributed by atoms with Crippen LogP contribution in [0.25, 0.3) is 28.6 Å². The van der Waals surface area contributed by atoms with E-state index in [1.54, 1.807) is 6.07 Å². The van der Waals surface area contributed by atoms with Crippen molar-refractivity contribution < 1.29 is 19.1 Å². The number of hydrogen-bond acceptors (Lipinski definition) is 8. The van der Waals surface area contributed by atoms with Gasteiger partial charge < -0.3 is 14.3 Å². The number of hydrazone groups is 1. The van der Waals surface area contributed by atoms with Gasteiger partial charge in [0.25, 0.3) is 0 Å². The molecule has 1 aliphatic rings. The molecule has 9 heteroatoms. The summed E-state index contributed by atoms with van der Waals surface area (Å²) in [6.45, 7) is 2.91. The highest BCUT2D eigenvalue weighted by Gasteiger charge is 2.31. The van der Waals surface area contributed by atoms with Crippen LogP contribution in [0.3, 0.4) is 0 Å². The van der Waals surface area contributed by atoms with E-state index in [-0.39, 0.29) is 11.6 Å². The monoisotopic (exact) mass is 616 g/mol. The van der Waals surface area contributed by atoms with Gasteiger partial charge in [0.1, 0.15) is 22.9 Å². The van der Waals surface area contributed by atoms with Gasteiger partial charge in [-0.3, -0.25) is 5.01 Å². The molecule has 2 aromatic heterocycles. The van der Waals surface area contributed by atoms with E-state index < -0.39 is 5.97 Å². The first-order valence-corrected chi connectivity index (χ1v) is 15.8. The fraction of sp³-hybridized carbons (Fsp3) is 0.222. The number of hydrogen-bond donors (Lipinski definition) is 1. The lowest BCUT2D eigenvalue weighted by Crippen LogP contribution is -2.18. The van der Waals surface area contributed by atoms with Crippen LogP contribution < -0.4 is 9.75 Å². The van der Waals surface area contributed by atoms with Crippen LogP contribution in [0.2, 0.25) is 0 Å². The number of anilines is 1. The molecule has 0 fully saturated rings. The number of oxazole rings is 1. The predicted octanol–water partition coefficient (Wildman–Crippen LogP) is 8.86. The van der Waals surface area contributed by atoms with E-state index in [1.807, 2.05) is 77.8 Å². The molecule has 45 heavy (non-hydrogen) atoms. The average molecular weight is 617 g/mol. The minimum Gasteiger partial charge on any atom is -0.494 e. The second-order valence-corrected chi connectivity index (χ2v) is 11.9. The van der Waals surface area contributed by atoms with E-state index in [1.165, 1.54) is 36.7 Å². The van der Waals surface area contributed by atoms with Gasteiger partial charge in [-0.1, -0.05) is 50.5 Å². The summed E-state index contributed by atoms with van der Waals surface area (Å²) in [5.74, 6) is 0.170. The maximum Gasteiger partial charge on any atom is 0.346 e. The number of fused-ring (bicyclic) bond motifs is 1. The molecule has 0 aliphatic carbocycles. The summed E-state index contributed by atoms with van der Waals surface area (Å²) in [5.41, 5.74) is 5.03. The molecule has 1 aliphatic heterocycles.